The average Bonchev–Trinajstić information content (AvgIpc) is 2.38. The predicted octanol–water partition coefficient (Wildman–Crippen LogP) is 2.23. The van der Waals surface area contributed by atoms with Crippen LogP contribution in [0, 0.1) is 12.8 Å². The van der Waals surface area contributed by atoms with Gasteiger partial charge in [-0.25, -0.2) is 0 Å². The SMILES string of the molecule is CCOC1(c2nc(O)c(C)c(=O)[nH]2)CCC(C)CC1. The summed E-state index contributed by atoms with van der Waals surface area (Å²) in [7, 11) is 0. The highest BCUT2D eigenvalue weighted by Crippen LogP contribution is 2.41. The molecule has 1 aliphatic rings. The zero-order valence-electron chi connectivity index (χ0n) is 11.8. The smallest absolute Gasteiger partial charge is 0.257 e. The molecule has 0 atom stereocenters. The number of H-pyrrole nitrogens is 1. The number of hydrogen-bond acceptors (Lipinski definition) is 4. The number of aromatic hydroxyl groups is 1. The molecule has 1 saturated carbocycles. The molecule has 1 aliphatic carbocycles. The van der Waals surface area contributed by atoms with E-state index in [2.05, 4.69) is 16.9 Å². The normalized spacial score (nSPS) is 27.4. The highest BCUT2D eigenvalue weighted by molar-refractivity contribution is 5.22. The fourth-order valence-electron chi connectivity index (χ4n) is 2.69. The Bertz CT molecular complexity index is 502. The Morgan fingerprint density at radius 3 is 2.63 bits per heavy atom. The standard InChI is InChI=1S/C14H22N2O3/c1-4-19-14(7-5-9(2)6-8-14)13-15-11(17)10(3)12(18)16-13/h9H,4-8H2,1-3H3,(H2,15,16,17,18). The van der Waals surface area contributed by atoms with Crippen LogP contribution in [0.15, 0.2) is 4.79 Å². The highest BCUT2D eigenvalue weighted by Gasteiger charge is 2.39. The summed E-state index contributed by atoms with van der Waals surface area (Å²) in [5.74, 6) is 0.935. The van der Waals surface area contributed by atoms with Gasteiger partial charge >= 0.3 is 0 Å². The Morgan fingerprint density at radius 2 is 2.11 bits per heavy atom. The molecule has 2 N–H and O–H groups in total. The molecule has 5 nitrogen and oxygen atoms in total. The van der Waals surface area contributed by atoms with E-state index in [-0.39, 0.29) is 17.0 Å². The summed E-state index contributed by atoms with van der Waals surface area (Å²) in [5, 5.41) is 9.76. The summed E-state index contributed by atoms with van der Waals surface area (Å²) in [5.41, 5.74) is -0.592. The number of aromatic amines is 1. The van der Waals surface area contributed by atoms with Crippen LogP contribution in [-0.4, -0.2) is 21.7 Å². The van der Waals surface area contributed by atoms with Gasteiger partial charge < -0.3 is 14.8 Å². The maximum Gasteiger partial charge on any atom is 0.257 e. The molecule has 1 fully saturated rings. The largest absolute Gasteiger partial charge is 0.493 e. The molecule has 0 unspecified atom stereocenters. The van der Waals surface area contributed by atoms with Crippen LogP contribution < -0.4 is 5.56 Å². The lowest BCUT2D eigenvalue weighted by atomic mass is 9.79. The molecule has 0 saturated heterocycles. The number of nitrogens with one attached hydrogen (secondary N) is 1. The molecule has 5 heteroatoms. The Kier molecular flexibility index (Phi) is 3.94. The van der Waals surface area contributed by atoms with Gasteiger partial charge in [0.2, 0.25) is 5.88 Å². The highest BCUT2D eigenvalue weighted by atomic mass is 16.5. The van der Waals surface area contributed by atoms with Gasteiger partial charge in [-0.05, 0) is 45.4 Å². The molecule has 1 aromatic heterocycles. The molecule has 0 radical (unpaired) electrons. The van der Waals surface area contributed by atoms with Crippen LogP contribution in [-0.2, 0) is 10.3 Å². The minimum atomic E-state index is -0.550. The van der Waals surface area contributed by atoms with Crippen molar-refractivity contribution in [2.75, 3.05) is 6.61 Å². The molecule has 1 heterocycles. The second-order valence-corrected chi connectivity index (χ2v) is 5.47. The Labute approximate surface area is 113 Å². The summed E-state index contributed by atoms with van der Waals surface area (Å²) in [6, 6.07) is 0. The van der Waals surface area contributed by atoms with Crippen molar-refractivity contribution >= 4 is 0 Å². The second-order valence-electron chi connectivity index (χ2n) is 5.47. The minimum absolute atomic E-state index is 0.198. The molecule has 0 aromatic carbocycles. The lowest BCUT2D eigenvalue weighted by Crippen LogP contribution is -2.38. The maximum atomic E-state index is 11.8. The van der Waals surface area contributed by atoms with Gasteiger partial charge in [-0.1, -0.05) is 6.92 Å². The van der Waals surface area contributed by atoms with Crippen LogP contribution in [0.3, 0.4) is 0 Å². The van der Waals surface area contributed by atoms with E-state index in [4.69, 9.17) is 4.74 Å². The van der Waals surface area contributed by atoms with Crippen molar-refractivity contribution in [2.45, 2.75) is 52.1 Å². The minimum Gasteiger partial charge on any atom is -0.493 e. The quantitative estimate of drug-likeness (QED) is 0.879. The van der Waals surface area contributed by atoms with Crippen LogP contribution in [0.1, 0.15) is 50.9 Å². The van der Waals surface area contributed by atoms with E-state index in [0.29, 0.717) is 18.3 Å². The summed E-state index contributed by atoms with van der Waals surface area (Å²) in [6.45, 7) is 6.28. The maximum absolute atomic E-state index is 11.8. The molecular formula is C14H22N2O3. The third-order valence-electron chi connectivity index (χ3n) is 4.06. The van der Waals surface area contributed by atoms with E-state index >= 15 is 0 Å². The molecule has 0 amide bonds. The van der Waals surface area contributed by atoms with E-state index in [0.717, 1.165) is 25.7 Å². The number of nitrogens with zero attached hydrogens (tertiary/aromatic N) is 1. The topological polar surface area (TPSA) is 75.2 Å². The molecule has 0 aliphatic heterocycles. The van der Waals surface area contributed by atoms with Gasteiger partial charge in [-0.2, -0.15) is 4.98 Å². The predicted molar refractivity (Wildman–Crippen MR) is 72.2 cm³/mol. The number of rotatable bonds is 3. The average molecular weight is 266 g/mol. The number of hydrogen-bond donors (Lipinski definition) is 2. The van der Waals surface area contributed by atoms with Crippen molar-refractivity contribution in [1.82, 2.24) is 9.97 Å². The Morgan fingerprint density at radius 1 is 1.47 bits per heavy atom. The van der Waals surface area contributed by atoms with E-state index in [1.165, 1.54) is 0 Å². The fraction of sp³-hybridized carbons (Fsp3) is 0.714. The number of aromatic nitrogens is 2. The fourth-order valence-corrected chi connectivity index (χ4v) is 2.69. The third-order valence-corrected chi connectivity index (χ3v) is 4.06. The molecule has 0 bridgehead atoms. The van der Waals surface area contributed by atoms with Crippen molar-refractivity contribution in [1.29, 1.82) is 0 Å². The first-order valence-electron chi connectivity index (χ1n) is 6.93. The Balaban J connectivity index is 2.42. The summed E-state index contributed by atoms with van der Waals surface area (Å²) < 4.78 is 5.91. The van der Waals surface area contributed by atoms with Gasteiger partial charge in [-0.3, -0.25) is 4.79 Å². The first-order valence-corrected chi connectivity index (χ1v) is 6.93. The van der Waals surface area contributed by atoms with Crippen molar-refractivity contribution < 1.29 is 9.84 Å². The summed E-state index contributed by atoms with van der Waals surface area (Å²) >= 11 is 0. The lowest BCUT2D eigenvalue weighted by molar-refractivity contribution is -0.0841. The van der Waals surface area contributed by atoms with Crippen LogP contribution in [0.25, 0.3) is 0 Å². The third kappa shape index (κ3) is 2.66. The van der Waals surface area contributed by atoms with Crippen LogP contribution in [0.4, 0.5) is 0 Å². The van der Waals surface area contributed by atoms with E-state index in [9.17, 15) is 9.90 Å². The van der Waals surface area contributed by atoms with Crippen molar-refractivity contribution in [3.63, 3.8) is 0 Å². The van der Waals surface area contributed by atoms with Gasteiger partial charge in [0, 0.05) is 6.61 Å². The number of ether oxygens (including phenoxy) is 1. The molecule has 0 spiro atoms. The van der Waals surface area contributed by atoms with Crippen LogP contribution in [0.5, 0.6) is 5.88 Å². The van der Waals surface area contributed by atoms with Gasteiger partial charge in [0.1, 0.15) is 11.4 Å². The molecule has 106 valence electrons. The van der Waals surface area contributed by atoms with E-state index < -0.39 is 5.60 Å². The van der Waals surface area contributed by atoms with Gasteiger partial charge in [0.25, 0.3) is 5.56 Å². The van der Waals surface area contributed by atoms with Gasteiger partial charge in [-0.15, -0.1) is 0 Å². The summed E-state index contributed by atoms with van der Waals surface area (Å²) in [4.78, 5) is 18.7. The molecule has 2 rings (SSSR count). The zero-order valence-corrected chi connectivity index (χ0v) is 11.8. The van der Waals surface area contributed by atoms with Crippen molar-refractivity contribution in [3.8, 4) is 5.88 Å². The zero-order chi connectivity index (χ0) is 14.0. The van der Waals surface area contributed by atoms with Crippen molar-refractivity contribution in [3.05, 3.63) is 21.7 Å². The Hall–Kier alpha value is -1.36. The monoisotopic (exact) mass is 266 g/mol. The van der Waals surface area contributed by atoms with Crippen LogP contribution >= 0.6 is 0 Å². The molecular weight excluding hydrogens is 244 g/mol. The first kappa shape index (κ1) is 14.1. The first-order chi connectivity index (χ1) is 8.98. The van der Waals surface area contributed by atoms with E-state index in [1.807, 2.05) is 6.92 Å². The second kappa shape index (κ2) is 5.33. The van der Waals surface area contributed by atoms with Crippen LogP contribution in [0.2, 0.25) is 0 Å². The molecule has 19 heavy (non-hydrogen) atoms. The van der Waals surface area contributed by atoms with Gasteiger partial charge in [0.05, 0.1) is 5.56 Å². The molecule has 1 aromatic rings. The lowest BCUT2D eigenvalue weighted by Gasteiger charge is -2.38. The van der Waals surface area contributed by atoms with Gasteiger partial charge in [0.15, 0.2) is 0 Å². The van der Waals surface area contributed by atoms with Crippen molar-refractivity contribution in [2.24, 2.45) is 5.92 Å². The summed E-state index contributed by atoms with van der Waals surface area (Å²) in [6.07, 6.45) is 3.73. The van der Waals surface area contributed by atoms with E-state index in [1.54, 1.807) is 6.92 Å².